The van der Waals surface area contributed by atoms with Gasteiger partial charge in [0.15, 0.2) is 0 Å². The highest BCUT2D eigenvalue weighted by Gasteiger charge is 2.32. The van der Waals surface area contributed by atoms with E-state index in [0.29, 0.717) is 5.16 Å². The summed E-state index contributed by atoms with van der Waals surface area (Å²) >= 11 is 1.26. The Kier molecular flexibility index (Phi) is 6.03. The number of benzene rings is 1. The van der Waals surface area contributed by atoms with Crippen LogP contribution in [0.5, 0.6) is 0 Å². The number of carbonyl (C=O) groups excluding carboxylic acids is 1. The van der Waals surface area contributed by atoms with E-state index in [0.717, 1.165) is 16.8 Å². The van der Waals surface area contributed by atoms with Crippen molar-refractivity contribution in [2.24, 2.45) is 5.92 Å². The minimum absolute atomic E-state index is 0.00539. The Labute approximate surface area is 158 Å². The maximum atomic E-state index is 12.5. The molecule has 1 N–H and O–H groups in total. The van der Waals surface area contributed by atoms with Crippen LogP contribution in [0.1, 0.15) is 38.8 Å². The van der Waals surface area contributed by atoms with Gasteiger partial charge >= 0.3 is 0 Å². The zero-order valence-corrected chi connectivity index (χ0v) is 16.8. The fourth-order valence-corrected chi connectivity index (χ4v) is 3.12. The fraction of sp³-hybridized carbons (Fsp3) is 0.500. The third-order valence-electron chi connectivity index (χ3n) is 4.44. The largest absolute Gasteiger partial charge is 0.337 e. The lowest BCUT2D eigenvalue weighted by molar-refractivity contribution is -0.121. The normalized spacial score (nSPS) is 14.5. The molecular formula is C18H24N6OS. The van der Waals surface area contributed by atoms with Crippen LogP contribution >= 0.6 is 11.8 Å². The van der Waals surface area contributed by atoms with Crippen LogP contribution in [0.25, 0.3) is 5.69 Å². The van der Waals surface area contributed by atoms with E-state index in [1.807, 2.05) is 39.8 Å². The number of amides is 1. The van der Waals surface area contributed by atoms with Gasteiger partial charge in [-0.1, -0.05) is 43.3 Å². The molecule has 0 aliphatic heterocycles. The summed E-state index contributed by atoms with van der Waals surface area (Å²) < 4.78 is 1.63. The predicted octanol–water partition coefficient (Wildman–Crippen LogP) is 2.81. The maximum Gasteiger partial charge on any atom is 0.234 e. The molecular weight excluding hydrogens is 348 g/mol. The van der Waals surface area contributed by atoms with Gasteiger partial charge in [-0.15, -0.1) is 5.10 Å². The number of hydrogen-bond acceptors (Lipinski definition) is 6. The van der Waals surface area contributed by atoms with E-state index in [1.165, 1.54) is 11.8 Å². The lowest BCUT2D eigenvalue weighted by atomic mass is 9.90. The zero-order chi connectivity index (χ0) is 19.5. The molecule has 1 aromatic heterocycles. The topological polar surface area (TPSA) is 96.5 Å². The maximum absolute atomic E-state index is 12.5. The Morgan fingerprint density at radius 2 is 2.04 bits per heavy atom. The molecule has 0 aliphatic rings. The van der Waals surface area contributed by atoms with E-state index >= 15 is 0 Å². The smallest absolute Gasteiger partial charge is 0.234 e. The number of carbonyl (C=O) groups is 1. The van der Waals surface area contributed by atoms with Crippen molar-refractivity contribution < 1.29 is 4.79 Å². The average Bonchev–Trinajstić information content (AvgIpc) is 3.02. The number of tetrazole rings is 1. The van der Waals surface area contributed by atoms with E-state index in [-0.39, 0.29) is 11.8 Å². The second-order valence-corrected chi connectivity index (χ2v) is 8.19. The summed E-state index contributed by atoms with van der Waals surface area (Å²) in [6, 6.07) is 8.20. The highest BCUT2D eigenvalue weighted by Crippen LogP contribution is 2.26. The standard InChI is InChI=1S/C18H24N6OS/c1-11(2)18(6,10-19)20-16(25)14(5)26-17-21-22-23-24(17)15-8-7-12(3)9-13(15)4/h7-9,11,14H,1-6H3,(H,20,25)/t14-,18-/m1/s1. The molecule has 0 aliphatic carbocycles. The molecule has 0 saturated heterocycles. The number of nitrogens with zero attached hydrogens (tertiary/aromatic N) is 5. The molecule has 1 aromatic carbocycles. The first kappa shape index (κ1) is 19.9. The number of aromatic nitrogens is 4. The SMILES string of the molecule is Cc1ccc(-n2nnnc2S[C@H](C)C(=O)N[C@](C)(C#N)C(C)C)c(C)c1. The number of nitrogens with one attached hydrogen (secondary N) is 1. The Morgan fingerprint density at radius 1 is 1.35 bits per heavy atom. The zero-order valence-electron chi connectivity index (χ0n) is 15.9. The lowest BCUT2D eigenvalue weighted by Crippen LogP contribution is -2.51. The van der Waals surface area contributed by atoms with Crippen LogP contribution in [0.4, 0.5) is 0 Å². The monoisotopic (exact) mass is 372 g/mol. The first-order valence-electron chi connectivity index (χ1n) is 8.44. The molecule has 8 heteroatoms. The van der Waals surface area contributed by atoms with Crippen LogP contribution in [-0.4, -0.2) is 36.9 Å². The van der Waals surface area contributed by atoms with Gasteiger partial charge in [-0.2, -0.15) is 9.94 Å². The van der Waals surface area contributed by atoms with Gasteiger partial charge < -0.3 is 5.32 Å². The molecule has 0 unspecified atom stereocenters. The van der Waals surface area contributed by atoms with E-state index in [2.05, 4.69) is 33.0 Å². The highest BCUT2D eigenvalue weighted by atomic mass is 32.2. The van der Waals surface area contributed by atoms with Crippen LogP contribution in [-0.2, 0) is 4.79 Å². The van der Waals surface area contributed by atoms with Gasteiger partial charge in [0.25, 0.3) is 0 Å². The second kappa shape index (κ2) is 7.87. The van der Waals surface area contributed by atoms with Crippen molar-refractivity contribution in [2.45, 2.75) is 57.5 Å². The minimum atomic E-state index is -0.911. The summed E-state index contributed by atoms with van der Waals surface area (Å²) in [6.07, 6.45) is 0. The molecule has 1 heterocycles. The molecule has 2 rings (SSSR count). The van der Waals surface area contributed by atoms with Gasteiger partial charge in [0.1, 0.15) is 5.54 Å². The summed E-state index contributed by atoms with van der Waals surface area (Å²) in [5.74, 6) is -0.225. The van der Waals surface area contributed by atoms with Gasteiger partial charge in [0.2, 0.25) is 11.1 Å². The first-order valence-corrected chi connectivity index (χ1v) is 9.32. The van der Waals surface area contributed by atoms with Crippen molar-refractivity contribution in [2.75, 3.05) is 0 Å². The van der Waals surface area contributed by atoms with Gasteiger partial charge in [0.05, 0.1) is 17.0 Å². The quantitative estimate of drug-likeness (QED) is 0.783. The molecule has 1 amide bonds. The van der Waals surface area contributed by atoms with Gasteiger partial charge in [-0.3, -0.25) is 4.79 Å². The van der Waals surface area contributed by atoms with Crippen molar-refractivity contribution in [1.29, 1.82) is 5.26 Å². The molecule has 0 radical (unpaired) electrons. The average molecular weight is 372 g/mol. The molecule has 0 spiro atoms. The molecule has 0 fully saturated rings. The van der Waals surface area contributed by atoms with Crippen LogP contribution in [0.2, 0.25) is 0 Å². The third kappa shape index (κ3) is 4.22. The van der Waals surface area contributed by atoms with E-state index < -0.39 is 10.8 Å². The molecule has 26 heavy (non-hydrogen) atoms. The summed E-state index contributed by atoms with van der Waals surface area (Å²) in [4.78, 5) is 12.5. The summed E-state index contributed by atoms with van der Waals surface area (Å²) in [7, 11) is 0. The molecule has 2 atom stereocenters. The number of thioether (sulfide) groups is 1. The molecule has 0 saturated carbocycles. The minimum Gasteiger partial charge on any atom is -0.337 e. The Morgan fingerprint density at radius 3 is 2.62 bits per heavy atom. The van der Waals surface area contributed by atoms with Gasteiger partial charge in [-0.25, -0.2) is 0 Å². The predicted molar refractivity (Wildman–Crippen MR) is 101 cm³/mol. The first-order chi connectivity index (χ1) is 12.2. The third-order valence-corrected chi connectivity index (χ3v) is 5.48. The van der Waals surface area contributed by atoms with Gasteiger partial charge in [0, 0.05) is 0 Å². The van der Waals surface area contributed by atoms with Crippen LogP contribution < -0.4 is 5.32 Å². The van der Waals surface area contributed by atoms with Crippen molar-refractivity contribution >= 4 is 17.7 Å². The van der Waals surface area contributed by atoms with Gasteiger partial charge in [-0.05, 0) is 55.7 Å². The molecule has 2 aromatic rings. The van der Waals surface area contributed by atoms with E-state index in [4.69, 9.17) is 0 Å². The van der Waals surface area contributed by atoms with Crippen LogP contribution in [0.3, 0.4) is 0 Å². The second-order valence-electron chi connectivity index (χ2n) is 6.88. The van der Waals surface area contributed by atoms with Crippen molar-refractivity contribution in [3.05, 3.63) is 29.3 Å². The highest BCUT2D eigenvalue weighted by molar-refractivity contribution is 8.00. The van der Waals surface area contributed by atoms with Crippen LogP contribution in [0, 0.1) is 31.1 Å². The van der Waals surface area contributed by atoms with E-state index in [9.17, 15) is 10.1 Å². The number of aryl methyl sites for hydroxylation is 2. The van der Waals surface area contributed by atoms with Crippen molar-refractivity contribution in [1.82, 2.24) is 25.5 Å². The molecule has 7 nitrogen and oxygen atoms in total. The number of rotatable bonds is 6. The molecule has 138 valence electrons. The number of hydrogen-bond donors (Lipinski definition) is 1. The van der Waals surface area contributed by atoms with Crippen molar-refractivity contribution in [3.63, 3.8) is 0 Å². The summed E-state index contributed by atoms with van der Waals surface area (Å²) in [5, 5.41) is 24.2. The number of nitriles is 1. The Balaban J connectivity index is 2.18. The lowest BCUT2D eigenvalue weighted by Gasteiger charge is -2.28. The Bertz CT molecular complexity index is 840. The summed E-state index contributed by atoms with van der Waals surface area (Å²) in [6.45, 7) is 11.3. The van der Waals surface area contributed by atoms with Crippen molar-refractivity contribution in [3.8, 4) is 11.8 Å². The van der Waals surface area contributed by atoms with Crippen LogP contribution in [0.15, 0.2) is 23.4 Å². The summed E-state index contributed by atoms with van der Waals surface area (Å²) in [5.41, 5.74) is 2.17. The Hall–Kier alpha value is -2.40. The van der Waals surface area contributed by atoms with E-state index in [1.54, 1.807) is 18.5 Å². The fourth-order valence-electron chi connectivity index (χ4n) is 2.32. The molecule has 0 bridgehead atoms.